The Hall–Kier alpha value is -3.04. The highest BCUT2D eigenvalue weighted by molar-refractivity contribution is 7.20. The Balaban J connectivity index is 1.37. The summed E-state index contributed by atoms with van der Waals surface area (Å²) in [5.41, 5.74) is 2.48. The molecule has 4 aromatic rings. The van der Waals surface area contributed by atoms with Crippen molar-refractivity contribution in [3.8, 4) is 0 Å². The van der Waals surface area contributed by atoms with E-state index < -0.39 is 0 Å². The molecule has 160 valence electrons. The van der Waals surface area contributed by atoms with E-state index in [4.69, 9.17) is 4.98 Å². The number of nitrogens with one attached hydrogen (secondary N) is 1. The van der Waals surface area contributed by atoms with E-state index in [0.717, 1.165) is 52.6 Å². The lowest BCUT2D eigenvalue weighted by Crippen LogP contribution is -2.31. The highest BCUT2D eigenvalue weighted by Gasteiger charge is 2.25. The van der Waals surface area contributed by atoms with Crippen LogP contribution in [0, 0.1) is 13.8 Å². The number of hydrogen-bond donors (Lipinski definition) is 1. The van der Waals surface area contributed by atoms with Crippen LogP contribution in [0.15, 0.2) is 30.6 Å². The molecule has 31 heavy (non-hydrogen) atoms. The van der Waals surface area contributed by atoms with Crippen LogP contribution in [0.5, 0.6) is 0 Å². The van der Waals surface area contributed by atoms with Gasteiger partial charge in [-0.15, -0.1) is 11.3 Å². The Labute approximate surface area is 184 Å². The van der Waals surface area contributed by atoms with E-state index in [2.05, 4.69) is 51.3 Å². The number of amides is 1. The Morgan fingerprint density at radius 1 is 1.19 bits per heavy atom. The number of likely N-dealkylation sites (N-methyl/N-ethyl adjacent to an activating group) is 1. The Bertz CT molecular complexity index is 1290. The standard InChI is InChI=1S/C22H25N7OS/c1-13-10-29-12-18(24-14(2)20(29)23-13)25-21(30)17-9-15-5-6-19(26-22(15)31-17)28-8-7-16(11-28)27(3)4/h5-6,9-10,12,16H,7-8,11H2,1-4H3,(H,25,30). The number of imidazole rings is 1. The molecule has 9 heteroatoms. The summed E-state index contributed by atoms with van der Waals surface area (Å²) in [6.07, 6.45) is 4.85. The van der Waals surface area contributed by atoms with Gasteiger partial charge in [-0.05, 0) is 52.6 Å². The first-order valence-electron chi connectivity index (χ1n) is 10.3. The van der Waals surface area contributed by atoms with Crippen molar-refractivity contribution in [3.05, 3.63) is 46.9 Å². The number of carbonyl (C=O) groups is 1. The average molecular weight is 436 g/mol. The van der Waals surface area contributed by atoms with Crippen molar-refractivity contribution < 1.29 is 4.79 Å². The SMILES string of the molecule is Cc1cn2cc(NC(=O)c3cc4ccc(N5CCC(N(C)C)C5)nc4s3)nc(C)c2n1. The minimum Gasteiger partial charge on any atom is -0.355 e. The molecule has 1 unspecified atom stereocenters. The molecule has 1 fully saturated rings. The molecule has 0 aromatic carbocycles. The lowest BCUT2D eigenvalue weighted by Gasteiger charge is -2.21. The number of aromatic nitrogens is 4. The molecular weight excluding hydrogens is 410 g/mol. The van der Waals surface area contributed by atoms with Crippen LogP contribution in [0.4, 0.5) is 11.6 Å². The van der Waals surface area contributed by atoms with Crippen molar-refractivity contribution in [2.75, 3.05) is 37.4 Å². The van der Waals surface area contributed by atoms with Gasteiger partial charge in [0.2, 0.25) is 0 Å². The van der Waals surface area contributed by atoms with Crippen LogP contribution < -0.4 is 10.2 Å². The van der Waals surface area contributed by atoms with Gasteiger partial charge in [-0.2, -0.15) is 0 Å². The predicted molar refractivity (Wildman–Crippen MR) is 124 cm³/mol. The van der Waals surface area contributed by atoms with Gasteiger partial charge >= 0.3 is 0 Å². The first kappa shape index (κ1) is 19.9. The summed E-state index contributed by atoms with van der Waals surface area (Å²) in [6.45, 7) is 5.81. The molecular formula is C22H25N7OS. The fraction of sp³-hybridized carbons (Fsp3) is 0.364. The molecule has 5 rings (SSSR count). The van der Waals surface area contributed by atoms with E-state index in [1.807, 2.05) is 30.5 Å². The molecule has 1 aliphatic rings. The Morgan fingerprint density at radius 3 is 2.81 bits per heavy atom. The van der Waals surface area contributed by atoms with E-state index in [9.17, 15) is 4.79 Å². The maximum Gasteiger partial charge on any atom is 0.267 e. The van der Waals surface area contributed by atoms with Gasteiger partial charge in [0.05, 0.1) is 22.5 Å². The number of aryl methyl sites for hydroxylation is 2. The van der Waals surface area contributed by atoms with Crippen LogP contribution in [-0.4, -0.2) is 63.4 Å². The summed E-state index contributed by atoms with van der Waals surface area (Å²) in [4.78, 5) is 32.7. The topological polar surface area (TPSA) is 78.7 Å². The summed E-state index contributed by atoms with van der Waals surface area (Å²) < 4.78 is 1.89. The molecule has 1 amide bonds. The van der Waals surface area contributed by atoms with Crippen LogP contribution in [0.25, 0.3) is 15.9 Å². The minimum atomic E-state index is -0.179. The van der Waals surface area contributed by atoms with Gasteiger partial charge in [-0.3, -0.25) is 4.79 Å². The van der Waals surface area contributed by atoms with Gasteiger partial charge in [0.25, 0.3) is 5.91 Å². The second kappa shape index (κ2) is 7.58. The maximum atomic E-state index is 12.9. The molecule has 1 atom stereocenters. The monoisotopic (exact) mass is 435 g/mol. The van der Waals surface area contributed by atoms with E-state index in [-0.39, 0.29) is 5.91 Å². The Morgan fingerprint density at radius 2 is 2.03 bits per heavy atom. The van der Waals surface area contributed by atoms with Crippen molar-refractivity contribution in [2.24, 2.45) is 0 Å². The molecule has 4 aromatic heterocycles. The predicted octanol–water partition coefficient (Wildman–Crippen LogP) is 3.35. The molecule has 1 aliphatic heterocycles. The summed E-state index contributed by atoms with van der Waals surface area (Å²) in [7, 11) is 4.24. The van der Waals surface area contributed by atoms with Gasteiger partial charge in [0.1, 0.15) is 16.5 Å². The third-order valence-electron chi connectivity index (χ3n) is 5.78. The number of rotatable bonds is 4. The minimum absolute atomic E-state index is 0.179. The maximum absolute atomic E-state index is 12.9. The average Bonchev–Trinajstić information content (AvgIpc) is 3.44. The number of anilines is 2. The molecule has 1 saturated heterocycles. The van der Waals surface area contributed by atoms with Crippen molar-refractivity contribution >= 4 is 44.7 Å². The summed E-state index contributed by atoms with van der Waals surface area (Å²) in [5, 5.41) is 3.90. The van der Waals surface area contributed by atoms with E-state index >= 15 is 0 Å². The van der Waals surface area contributed by atoms with Gasteiger partial charge in [-0.25, -0.2) is 15.0 Å². The molecule has 0 radical (unpaired) electrons. The fourth-order valence-corrected chi connectivity index (χ4v) is 5.00. The molecule has 0 bridgehead atoms. The summed E-state index contributed by atoms with van der Waals surface area (Å²) >= 11 is 1.41. The smallest absolute Gasteiger partial charge is 0.267 e. The zero-order chi connectivity index (χ0) is 21.7. The van der Waals surface area contributed by atoms with Crippen molar-refractivity contribution in [2.45, 2.75) is 26.3 Å². The summed E-state index contributed by atoms with van der Waals surface area (Å²) in [6, 6.07) is 6.55. The van der Waals surface area contributed by atoms with E-state index in [1.54, 1.807) is 6.20 Å². The van der Waals surface area contributed by atoms with Crippen LogP contribution in [0.2, 0.25) is 0 Å². The van der Waals surface area contributed by atoms with E-state index in [0.29, 0.717) is 16.7 Å². The molecule has 8 nitrogen and oxygen atoms in total. The van der Waals surface area contributed by atoms with Gasteiger partial charge in [-0.1, -0.05) is 0 Å². The number of pyridine rings is 1. The molecule has 1 N–H and O–H groups in total. The highest BCUT2D eigenvalue weighted by atomic mass is 32.1. The number of carbonyl (C=O) groups excluding carboxylic acids is 1. The van der Waals surface area contributed by atoms with E-state index in [1.165, 1.54) is 11.3 Å². The molecule has 0 aliphatic carbocycles. The van der Waals surface area contributed by atoms with Crippen LogP contribution in [-0.2, 0) is 0 Å². The first-order valence-corrected chi connectivity index (χ1v) is 11.2. The first-order chi connectivity index (χ1) is 14.9. The highest BCUT2D eigenvalue weighted by Crippen LogP contribution is 2.29. The van der Waals surface area contributed by atoms with Gasteiger partial charge in [0, 0.05) is 30.7 Å². The van der Waals surface area contributed by atoms with Gasteiger partial charge in [0.15, 0.2) is 5.65 Å². The van der Waals surface area contributed by atoms with Crippen molar-refractivity contribution in [1.82, 2.24) is 24.3 Å². The number of nitrogens with zero attached hydrogens (tertiary/aromatic N) is 6. The lowest BCUT2D eigenvalue weighted by molar-refractivity contribution is 0.103. The zero-order valence-corrected chi connectivity index (χ0v) is 18.9. The molecule has 5 heterocycles. The van der Waals surface area contributed by atoms with Gasteiger partial charge < -0.3 is 19.5 Å². The lowest BCUT2D eigenvalue weighted by atomic mass is 10.2. The number of hydrogen-bond acceptors (Lipinski definition) is 7. The summed E-state index contributed by atoms with van der Waals surface area (Å²) in [5.74, 6) is 1.30. The quantitative estimate of drug-likeness (QED) is 0.530. The second-order valence-corrected chi connectivity index (χ2v) is 9.34. The normalized spacial score (nSPS) is 16.7. The van der Waals surface area contributed by atoms with Crippen LogP contribution in [0.1, 0.15) is 27.5 Å². The second-order valence-electron chi connectivity index (χ2n) is 8.31. The van der Waals surface area contributed by atoms with Crippen LogP contribution in [0.3, 0.4) is 0 Å². The molecule has 0 spiro atoms. The van der Waals surface area contributed by atoms with Crippen molar-refractivity contribution in [1.29, 1.82) is 0 Å². The van der Waals surface area contributed by atoms with Crippen molar-refractivity contribution in [3.63, 3.8) is 0 Å². The number of thiophene rings is 1. The molecule has 0 saturated carbocycles. The zero-order valence-electron chi connectivity index (χ0n) is 18.1. The third-order valence-corrected chi connectivity index (χ3v) is 6.82. The third kappa shape index (κ3) is 3.75. The van der Waals surface area contributed by atoms with Crippen LogP contribution >= 0.6 is 11.3 Å². The fourth-order valence-electron chi connectivity index (χ4n) is 4.08. The number of fused-ring (bicyclic) bond motifs is 2. The Kier molecular flexibility index (Phi) is 4.86. The largest absolute Gasteiger partial charge is 0.355 e.